The molecule has 3 aromatic rings. The molecule has 0 atom stereocenters. The third kappa shape index (κ3) is 4.49. The molecule has 0 aliphatic rings. The zero-order valence-electron chi connectivity index (χ0n) is 17.6. The van der Waals surface area contributed by atoms with Crippen LogP contribution >= 0.6 is 0 Å². The van der Waals surface area contributed by atoms with E-state index in [9.17, 15) is 9.90 Å². The summed E-state index contributed by atoms with van der Waals surface area (Å²) in [6.07, 6.45) is 0. The van der Waals surface area contributed by atoms with Crippen LogP contribution in [0.25, 0.3) is 11.1 Å². The van der Waals surface area contributed by atoms with Crippen molar-refractivity contribution in [1.82, 2.24) is 4.98 Å². The largest absolute Gasteiger partial charge is 0.477 e. The van der Waals surface area contributed by atoms with Crippen molar-refractivity contribution in [3.05, 3.63) is 71.9 Å². The Morgan fingerprint density at radius 2 is 1.70 bits per heavy atom. The number of benzene rings is 2. The Balaban J connectivity index is 2.24. The molecular weight excluding hydrogens is 376 g/mol. The van der Waals surface area contributed by atoms with E-state index >= 15 is 0 Å². The number of carboxylic acids is 1. The van der Waals surface area contributed by atoms with Gasteiger partial charge in [0, 0.05) is 36.7 Å². The number of pyridine rings is 1. The van der Waals surface area contributed by atoms with Crippen molar-refractivity contribution in [2.75, 3.05) is 24.3 Å². The monoisotopic (exact) mass is 402 g/mol. The molecule has 0 fully saturated rings. The maximum absolute atomic E-state index is 11.8. The van der Waals surface area contributed by atoms with Gasteiger partial charge in [-0.25, -0.2) is 9.78 Å². The van der Waals surface area contributed by atoms with Gasteiger partial charge in [0.25, 0.3) is 0 Å². The minimum Gasteiger partial charge on any atom is -0.477 e. The molecule has 0 saturated heterocycles. The highest BCUT2D eigenvalue weighted by Crippen LogP contribution is 2.33. The first-order chi connectivity index (χ1) is 14.3. The molecule has 1 heterocycles. The number of aromatic nitrogens is 1. The van der Waals surface area contributed by atoms with Crippen LogP contribution in [0.3, 0.4) is 0 Å². The van der Waals surface area contributed by atoms with Gasteiger partial charge in [-0.15, -0.1) is 0 Å². The third-order valence-electron chi connectivity index (χ3n) is 4.82. The summed E-state index contributed by atoms with van der Waals surface area (Å²) >= 11 is 0. The molecule has 0 saturated carbocycles. The second-order valence-electron chi connectivity index (χ2n) is 7.58. The second-order valence-corrected chi connectivity index (χ2v) is 7.58. The van der Waals surface area contributed by atoms with Crippen LogP contribution in [0, 0.1) is 11.3 Å². The number of anilines is 3. The van der Waals surface area contributed by atoms with Gasteiger partial charge < -0.3 is 20.7 Å². The molecule has 30 heavy (non-hydrogen) atoms. The SMILES string of the molecule is CC(C)C(=N)c1c(-c2ccc(N(C)C)cc2)cc(C(=O)O)nc1Nc1ccccc1. The summed E-state index contributed by atoms with van der Waals surface area (Å²) in [6.45, 7) is 3.89. The molecular formula is C24H26N4O2. The summed E-state index contributed by atoms with van der Waals surface area (Å²) in [7, 11) is 3.93. The van der Waals surface area contributed by atoms with E-state index in [1.54, 1.807) is 6.07 Å². The smallest absolute Gasteiger partial charge is 0.354 e. The van der Waals surface area contributed by atoms with E-state index in [2.05, 4.69) is 10.3 Å². The van der Waals surface area contributed by atoms with E-state index in [0.717, 1.165) is 16.9 Å². The zero-order valence-corrected chi connectivity index (χ0v) is 17.6. The summed E-state index contributed by atoms with van der Waals surface area (Å²) in [5.41, 5.74) is 4.25. The van der Waals surface area contributed by atoms with Crippen LogP contribution in [0.4, 0.5) is 17.2 Å². The number of nitrogens with zero attached hydrogens (tertiary/aromatic N) is 2. The van der Waals surface area contributed by atoms with Gasteiger partial charge in [-0.3, -0.25) is 0 Å². The van der Waals surface area contributed by atoms with Gasteiger partial charge in [0.05, 0.1) is 0 Å². The van der Waals surface area contributed by atoms with E-state index in [1.165, 1.54) is 0 Å². The van der Waals surface area contributed by atoms with E-state index in [-0.39, 0.29) is 11.6 Å². The predicted molar refractivity (Wildman–Crippen MR) is 122 cm³/mol. The molecule has 3 N–H and O–H groups in total. The minimum atomic E-state index is -1.11. The van der Waals surface area contributed by atoms with Gasteiger partial charge >= 0.3 is 5.97 Å². The Hall–Kier alpha value is -3.67. The molecule has 3 rings (SSSR count). The molecule has 1 aromatic heterocycles. The summed E-state index contributed by atoms with van der Waals surface area (Å²) < 4.78 is 0. The average Bonchev–Trinajstić information content (AvgIpc) is 2.73. The van der Waals surface area contributed by atoms with Crippen molar-refractivity contribution in [3.8, 4) is 11.1 Å². The predicted octanol–water partition coefficient (Wildman–Crippen LogP) is 5.28. The van der Waals surface area contributed by atoms with Crippen molar-refractivity contribution >= 4 is 28.9 Å². The molecule has 154 valence electrons. The number of rotatable bonds is 7. The first-order valence-corrected chi connectivity index (χ1v) is 9.75. The summed E-state index contributed by atoms with van der Waals surface area (Å²) in [4.78, 5) is 18.1. The van der Waals surface area contributed by atoms with E-state index in [0.29, 0.717) is 22.7 Å². The van der Waals surface area contributed by atoms with Crippen molar-refractivity contribution < 1.29 is 9.90 Å². The van der Waals surface area contributed by atoms with Crippen molar-refractivity contribution in [2.24, 2.45) is 5.92 Å². The van der Waals surface area contributed by atoms with Gasteiger partial charge in [0.2, 0.25) is 0 Å². The van der Waals surface area contributed by atoms with Crippen LogP contribution in [-0.2, 0) is 0 Å². The highest BCUT2D eigenvalue weighted by Gasteiger charge is 2.22. The van der Waals surface area contributed by atoms with Gasteiger partial charge in [-0.1, -0.05) is 44.2 Å². The van der Waals surface area contributed by atoms with Gasteiger partial charge in [-0.05, 0) is 47.4 Å². The fraction of sp³-hybridized carbons (Fsp3) is 0.208. The highest BCUT2D eigenvalue weighted by atomic mass is 16.4. The normalized spacial score (nSPS) is 10.7. The third-order valence-corrected chi connectivity index (χ3v) is 4.82. The molecule has 6 heteroatoms. The summed E-state index contributed by atoms with van der Waals surface area (Å²) in [5, 5.41) is 21.6. The molecule has 2 aromatic carbocycles. The second kappa shape index (κ2) is 8.78. The molecule has 0 amide bonds. The van der Waals surface area contributed by atoms with Crippen LogP contribution in [0.1, 0.15) is 29.9 Å². The standard InChI is InChI=1S/C24H26N4O2/c1-15(2)22(25)21-19(16-10-12-18(13-11-16)28(3)4)14-20(24(29)30)27-23(21)26-17-8-6-5-7-9-17/h5-15,25H,1-4H3,(H,26,27)(H,29,30). The quantitative estimate of drug-likeness (QED) is 0.468. The molecule has 6 nitrogen and oxygen atoms in total. The van der Waals surface area contributed by atoms with Crippen molar-refractivity contribution in [3.63, 3.8) is 0 Å². The molecule has 0 unspecified atom stereocenters. The number of para-hydroxylation sites is 1. The summed E-state index contributed by atoms with van der Waals surface area (Å²) in [6, 6.07) is 18.8. The van der Waals surface area contributed by atoms with Crippen LogP contribution < -0.4 is 10.2 Å². The van der Waals surface area contributed by atoms with Gasteiger partial charge in [0.15, 0.2) is 5.69 Å². The molecule has 0 radical (unpaired) electrons. The van der Waals surface area contributed by atoms with E-state index < -0.39 is 5.97 Å². The Labute approximate surface area is 176 Å². The fourth-order valence-electron chi connectivity index (χ4n) is 3.13. The Bertz CT molecular complexity index is 1060. The Kier molecular flexibility index (Phi) is 6.16. The lowest BCUT2D eigenvalue weighted by molar-refractivity contribution is 0.0690. The molecule has 0 bridgehead atoms. The number of carbonyl (C=O) groups is 1. The number of hydrogen-bond acceptors (Lipinski definition) is 5. The van der Waals surface area contributed by atoms with E-state index in [1.807, 2.05) is 87.4 Å². The van der Waals surface area contributed by atoms with Crippen molar-refractivity contribution in [2.45, 2.75) is 13.8 Å². The topological polar surface area (TPSA) is 89.3 Å². The number of aromatic carboxylic acids is 1. The number of carboxylic acid groups (broad SMARTS) is 1. The van der Waals surface area contributed by atoms with Crippen LogP contribution in [0.15, 0.2) is 60.7 Å². The molecule has 0 spiro atoms. The molecule has 0 aliphatic carbocycles. The maximum Gasteiger partial charge on any atom is 0.354 e. The lowest BCUT2D eigenvalue weighted by atomic mass is 9.91. The Morgan fingerprint density at radius 3 is 2.23 bits per heavy atom. The van der Waals surface area contributed by atoms with Gasteiger partial charge in [-0.2, -0.15) is 0 Å². The Morgan fingerprint density at radius 1 is 1.07 bits per heavy atom. The van der Waals surface area contributed by atoms with Crippen LogP contribution in [-0.4, -0.2) is 35.9 Å². The van der Waals surface area contributed by atoms with Crippen LogP contribution in [0.5, 0.6) is 0 Å². The lowest BCUT2D eigenvalue weighted by Gasteiger charge is -2.20. The van der Waals surface area contributed by atoms with E-state index in [4.69, 9.17) is 5.41 Å². The lowest BCUT2D eigenvalue weighted by Crippen LogP contribution is -2.16. The fourth-order valence-corrected chi connectivity index (χ4v) is 3.13. The molecule has 0 aliphatic heterocycles. The zero-order chi connectivity index (χ0) is 21.8. The first kappa shape index (κ1) is 21.0. The minimum absolute atomic E-state index is 0.0569. The first-order valence-electron chi connectivity index (χ1n) is 9.75. The van der Waals surface area contributed by atoms with Crippen molar-refractivity contribution in [1.29, 1.82) is 5.41 Å². The van der Waals surface area contributed by atoms with Crippen LogP contribution in [0.2, 0.25) is 0 Å². The average molecular weight is 402 g/mol. The summed E-state index contributed by atoms with van der Waals surface area (Å²) in [5.74, 6) is -0.801. The number of nitrogens with one attached hydrogen (secondary N) is 2. The van der Waals surface area contributed by atoms with Gasteiger partial charge in [0.1, 0.15) is 5.82 Å². The highest BCUT2D eigenvalue weighted by molar-refractivity contribution is 6.10. The number of hydrogen-bond donors (Lipinski definition) is 3. The maximum atomic E-state index is 11.8.